The minimum absolute atomic E-state index is 0.0277. The monoisotopic (exact) mass is 482 g/mol. The summed E-state index contributed by atoms with van der Waals surface area (Å²) in [6, 6.07) is 20.9. The maximum Gasteiger partial charge on any atom is 0.254 e. The van der Waals surface area contributed by atoms with Crippen LogP contribution in [-0.4, -0.2) is 46.5 Å². The Kier molecular flexibility index (Phi) is 6.71. The Hall–Kier alpha value is -4.13. The first kappa shape index (κ1) is 23.6. The van der Waals surface area contributed by atoms with E-state index in [0.29, 0.717) is 18.7 Å². The number of aryl methyl sites for hydroxylation is 1. The van der Waals surface area contributed by atoms with Gasteiger partial charge in [-0.05, 0) is 47.4 Å². The molecule has 4 aromatic rings. The summed E-state index contributed by atoms with van der Waals surface area (Å²) in [6.45, 7) is 1.04. The molecule has 2 heterocycles. The molecule has 3 aromatic carbocycles. The fourth-order valence-electron chi connectivity index (χ4n) is 4.97. The van der Waals surface area contributed by atoms with E-state index in [1.807, 2.05) is 89.4 Å². The third-order valence-corrected chi connectivity index (χ3v) is 6.95. The summed E-state index contributed by atoms with van der Waals surface area (Å²) in [7, 11) is 3.54. The summed E-state index contributed by atoms with van der Waals surface area (Å²) < 4.78 is 7.20. The summed E-state index contributed by atoms with van der Waals surface area (Å²) in [5.41, 5.74) is 1.59. The highest BCUT2D eigenvalue weighted by Crippen LogP contribution is 2.27. The number of nitrogens with one attached hydrogen (secondary N) is 1. The molecule has 1 aliphatic rings. The first-order valence-corrected chi connectivity index (χ1v) is 12.2. The number of hydrogen-bond acceptors (Lipinski definition) is 4. The zero-order valence-corrected chi connectivity index (χ0v) is 20.6. The summed E-state index contributed by atoms with van der Waals surface area (Å²) in [5, 5.41) is 5.18. The fourth-order valence-corrected chi connectivity index (χ4v) is 4.97. The number of fused-ring (bicyclic) bond motifs is 1. The maximum atomic E-state index is 13.5. The van der Waals surface area contributed by atoms with Crippen molar-refractivity contribution in [3.8, 4) is 5.75 Å². The van der Waals surface area contributed by atoms with Crippen molar-refractivity contribution in [2.75, 3.05) is 20.2 Å². The van der Waals surface area contributed by atoms with Crippen LogP contribution in [0.3, 0.4) is 0 Å². The number of aromatic nitrogens is 2. The molecule has 0 bridgehead atoms. The van der Waals surface area contributed by atoms with Crippen LogP contribution < -0.4 is 10.1 Å². The van der Waals surface area contributed by atoms with Gasteiger partial charge in [-0.15, -0.1) is 0 Å². The van der Waals surface area contributed by atoms with Gasteiger partial charge in [-0.3, -0.25) is 9.59 Å². The number of piperidine rings is 1. The van der Waals surface area contributed by atoms with E-state index < -0.39 is 6.04 Å². The van der Waals surface area contributed by atoms with Gasteiger partial charge in [-0.1, -0.05) is 48.5 Å². The number of nitrogens with zero attached hydrogens (tertiary/aromatic N) is 3. The molecule has 1 saturated heterocycles. The second kappa shape index (κ2) is 10.2. The van der Waals surface area contributed by atoms with Crippen LogP contribution in [0, 0.1) is 5.92 Å². The number of likely N-dealkylation sites (tertiary alicyclic amines) is 1. The molecule has 7 heteroatoms. The molecule has 2 atom stereocenters. The van der Waals surface area contributed by atoms with Crippen LogP contribution in [0.1, 0.15) is 40.6 Å². The fraction of sp³-hybridized carbons (Fsp3) is 0.276. The first-order chi connectivity index (χ1) is 17.5. The number of methoxy groups -OCH3 is 1. The zero-order valence-electron chi connectivity index (χ0n) is 20.6. The average molecular weight is 483 g/mol. The highest BCUT2D eigenvalue weighted by Gasteiger charge is 2.31. The van der Waals surface area contributed by atoms with Gasteiger partial charge in [0.15, 0.2) is 0 Å². The lowest BCUT2D eigenvalue weighted by molar-refractivity contribution is -0.126. The molecule has 0 saturated carbocycles. The Balaban J connectivity index is 1.35. The molecule has 7 nitrogen and oxygen atoms in total. The predicted molar refractivity (Wildman–Crippen MR) is 139 cm³/mol. The molecule has 36 heavy (non-hydrogen) atoms. The van der Waals surface area contributed by atoms with Crippen LogP contribution in [-0.2, 0) is 11.8 Å². The molecule has 1 aromatic heterocycles. The maximum absolute atomic E-state index is 13.5. The number of imidazole rings is 1. The second-order valence-electron chi connectivity index (χ2n) is 9.23. The Morgan fingerprint density at radius 3 is 2.58 bits per heavy atom. The molecular weight excluding hydrogens is 452 g/mol. The van der Waals surface area contributed by atoms with Crippen LogP contribution in [0.4, 0.5) is 0 Å². The van der Waals surface area contributed by atoms with Crippen LogP contribution in [0.15, 0.2) is 79.1 Å². The van der Waals surface area contributed by atoms with Gasteiger partial charge in [0.2, 0.25) is 5.91 Å². The average Bonchev–Trinajstić information content (AvgIpc) is 3.36. The summed E-state index contributed by atoms with van der Waals surface area (Å²) in [5.74, 6) is 1.10. The molecule has 1 fully saturated rings. The number of rotatable bonds is 6. The van der Waals surface area contributed by atoms with Gasteiger partial charge in [0.1, 0.15) is 17.6 Å². The van der Waals surface area contributed by atoms with E-state index in [4.69, 9.17) is 4.74 Å². The second-order valence-corrected chi connectivity index (χ2v) is 9.23. The zero-order chi connectivity index (χ0) is 25.1. The molecule has 1 N–H and O–H groups in total. The van der Waals surface area contributed by atoms with Crippen molar-refractivity contribution in [2.24, 2.45) is 13.0 Å². The molecule has 0 spiro atoms. The molecule has 2 unspecified atom stereocenters. The summed E-state index contributed by atoms with van der Waals surface area (Å²) in [4.78, 5) is 33.3. The molecule has 2 amide bonds. The highest BCUT2D eigenvalue weighted by molar-refractivity contribution is 6.07. The van der Waals surface area contributed by atoms with Crippen molar-refractivity contribution >= 4 is 22.6 Å². The van der Waals surface area contributed by atoms with Crippen LogP contribution in [0.5, 0.6) is 5.75 Å². The van der Waals surface area contributed by atoms with E-state index in [0.717, 1.165) is 40.8 Å². The summed E-state index contributed by atoms with van der Waals surface area (Å²) in [6.07, 6.45) is 5.11. The van der Waals surface area contributed by atoms with E-state index >= 15 is 0 Å². The van der Waals surface area contributed by atoms with Crippen molar-refractivity contribution in [3.63, 3.8) is 0 Å². The van der Waals surface area contributed by atoms with Gasteiger partial charge in [-0.2, -0.15) is 0 Å². The number of hydrogen-bond donors (Lipinski definition) is 1. The Bertz CT molecular complexity index is 1370. The van der Waals surface area contributed by atoms with Crippen molar-refractivity contribution in [1.82, 2.24) is 19.8 Å². The quantitative estimate of drug-likeness (QED) is 0.444. The van der Waals surface area contributed by atoms with Gasteiger partial charge in [0, 0.05) is 38.1 Å². The minimum Gasteiger partial charge on any atom is -0.497 e. The number of carbonyl (C=O) groups excluding carboxylic acids is 2. The first-order valence-electron chi connectivity index (χ1n) is 12.2. The Morgan fingerprint density at radius 1 is 1.06 bits per heavy atom. The number of amides is 2. The molecule has 0 radical (unpaired) electrons. The Morgan fingerprint density at radius 2 is 1.83 bits per heavy atom. The van der Waals surface area contributed by atoms with E-state index in [1.54, 1.807) is 13.3 Å². The predicted octanol–water partition coefficient (Wildman–Crippen LogP) is 4.34. The number of carbonyl (C=O) groups is 2. The van der Waals surface area contributed by atoms with Gasteiger partial charge in [0.25, 0.3) is 5.91 Å². The number of benzene rings is 3. The Labute approximate surface area is 210 Å². The van der Waals surface area contributed by atoms with Gasteiger partial charge >= 0.3 is 0 Å². The van der Waals surface area contributed by atoms with Gasteiger partial charge in [0.05, 0.1) is 13.0 Å². The van der Waals surface area contributed by atoms with E-state index in [9.17, 15) is 9.59 Å². The van der Waals surface area contributed by atoms with Crippen LogP contribution in [0.2, 0.25) is 0 Å². The topological polar surface area (TPSA) is 76.5 Å². The molecular formula is C29H30N4O3. The largest absolute Gasteiger partial charge is 0.497 e. The van der Waals surface area contributed by atoms with E-state index in [2.05, 4.69) is 10.3 Å². The SMILES string of the molecule is COc1ccc(C(NC(=O)C2CCCN(C(=O)c3cccc4ccccc34)C2)c2nccn2C)cc1. The van der Waals surface area contributed by atoms with Crippen molar-refractivity contribution < 1.29 is 14.3 Å². The van der Waals surface area contributed by atoms with E-state index in [-0.39, 0.29) is 17.7 Å². The van der Waals surface area contributed by atoms with Crippen LogP contribution in [0.25, 0.3) is 10.8 Å². The van der Waals surface area contributed by atoms with Crippen LogP contribution >= 0.6 is 0 Å². The summed E-state index contributed by atoms with van der Waals surface area (Å²) >= 11 is 0. The van der Waals surface area contributed by atoms with Gasteiger partial charge in [-0.25, -0.2) is 4.98 Å². The van der Waals surface area contributed by atoms with E-state index in [1.165, 1.54) is 0 Å². The lowest BCUT2D eigenvalue weighted by atomic mass is 9.94. The lowest BCUT2D eigenvalue weighted by Gasteiger charge is -2.33. The highest BCUT2D eigenvalue weighted by atomic mass is 16.5. The molecule has 1 aliphatic heterocycles. The minimum atomic E-state index is -0.410. The third kappa shape index (κ3) is 4.69. The van der Waals surface area contributed by atoms with Crippen molar-refractivity contribution in [1.29, 1.82) is 0 Å². The molecule has 0 aliphatic carbocycles. The van der Waals surface area contributed by atoms with Crippen molar-refractivity contribution in [2.45, 2.75) is 18.9 Å². The standard InChI is InChI=1S/C29H30N4O3/c1-32-18-16-30-27(32)26(21-12-14-23(36-2)15-13-21)31-28(34)22-9-6-17-33(19-22)29(35)25-11-5-8-20-7-3-4-10-24(20)25/h3-5,7-8,10-16,18,22,26H,6,9,17,19H2,1-2H3,(H,31,34). The van der Waals surface area contributed by atoms with Gasteiger partial charge < -0.3 is 19.5 Å². The molecule has 184 valence electrons. The number of ether oxygens (including phenoxy) is 1. The lowest BCUT2D eigenvalue weighted by Crippen LogP contribution is -2.46. The normalized spacial score (nSPS) is 16.5. The van der Waals surface area contributed by atoms with Crippen molar-refractivity contribution in [3.05, 3.63) is 96.1 Å². The smallest absolute Gasteiger partial charge is 0.254 e. The molecule has 5 rings (SSSR count). The third-order valence-electron chi connectivity index (χ3n) is 6.95.